The predicted molar refractivity (Wildman–Crippen MR) is 137 cm³/mol. The van der Waals surface area contributed by atoms with Gasteiger partial charge in [-0.1, -0.05) is 48.0 Å². The molecular weight excluding hydrogens is 480 g/mol. The zero-order chi connectivity index (χ0) is 24.9. The van der Waals surface area contributed by atoms with Crippen LogP contribution in [0.1, 0.15) is 5.56 Å². The summed E-state index contributed by atoms with van der Waals surface area (Å²) in [7, 11) is 0. The van der Waals surface area contributed by atoms with Gasteiger partial charge in [-0.2, -0.15) is 5.10 Å². The van der Waals surface area contributed by atoms with E-state index in [2.05, 4.69) is 10.3 Å². The molecule has 0 spiro atoms. The number of fused-ring (bicyclic) bond motifs is 1. The maximum absolute atomic E-state index is 12.3. The molecule has 0 aliphatic carbocycles. The fourth-order valence-corrected chi connectivity index (χ4v) is 3.69. The second-order valence-electron chi connectivity index (χ2n) is 7.69. The number of furan rings is 1. The molecule has 9 heteroatoms. The molecule has 178 valence electrons. The first-order valence-corrected chi connectivity index (χ1v) is 11.3. The number of benzene rings is 2. The van der Waals surface area contributed by atoms with Crippen molar-refractivity contribution in [1.29, 1.82) is 0 Å². The molecule has 1 amide bonds. The van der Waals surface area contributed by atoms with Gasteiger partial charge in [-0.3, -0.25) is 4.79 Å². The largest absolute Gasteiger partial charge is 0.454 e. The molecule has 0 saturated heterocycles. The van der Waals surface area contributed by atoms with Crippen molar-refractivity contribution in [2.45, 2.75) is 0 Å². The lowest BCUT2D eigenvalue weighted by Crippen LogP contribution is -2.20. The molecule has 0 radical (unpaired) electrons. The summed E-state index contributed by atoms with van der Waals surface area (Å²) in [6, 6.07) is 22.4. The molecule has 5 rings (SSSR count). The van der Waals surface area contributed by atoms with Crippen molar-refractivity contribution in [1.82, 2.24) is 14.8 Å². The second-order valence-corrected chi connectivity index (χ2v) is 8.05. The number of hydrogen-bond donors (Lipinski definition) is 1. The molecule has 0 aliphatic heterocycles. The Morgan fingerprint density at radius 2 is 1.86 bits per heavy atom. The van der Waals surface area contributed by atoms with Crippen LogP contribution in [0.3, 0.4) is 0 Å². The number of rotatable bonds is 7. The Morgan fingerprint density at radius 3 is 2.67 bits per heavy atom. The molecule has 3 heterocycles. The van der Waals surface area contributed by atoms with Crippen LogP contribution < -0.4 is 5.32 Å². The fraction of sp³-hybridized carbons (Fsp3) is 0.0370. The number of hydrogen-bond acceptors (Lipinski definition) is 6. The highest BCUT2D eigenvalue weighted by atomic mass is 35.5. The van der Waals surface area contributed by atoms with Gasteiger partial charge in [-0.25, -0.2) is 14.5 Å². The van der Waals surface area contributed by atoms with E-state index < -0.39 is 18.5 Å². The van der Waals surface area contributed by atoms with Crippen LogP contribution in [-0.4, -0.2) is 33.2 Å². The number of anilines is 1. The van der Waals surface area contributed by atoms with E-state index in [1.165, 1.54) is 12.3 Å². The van der Waals surface area contributed by atoms with Crippen LogP contribution in [0.5, 0.6) is 0 Å². The SMILES string of the molecule is O=C(COC(=O)C=Cc1cn(-c2ccccc2)nc1-c1cc2ccccc2o1)Nc1cccnc1Cl. The number of aromatic nitrogens is 3. The summed E-state index contributed by atoms with van der Waals surface area (Å²) >= 11 is 5.93. The smallest absolute Gasteiger partial charge is 0.331 e. The maximum atomic E-state index is 12.3. The number of nitrogens with one attached hydrogen (secondary N) is 1. The molecular formula is C27H19ClN4O4. The Kier molecular flexibility index (Phi) is 6.59. The summed E-state index contributed by atoms with van der Waals surface area (Å²) in [5.74, 6) is -0.663. The minimum Gasteiger partial charge on any atom is -0.454 e. The molecule has 36 heavy (non-hydrogen) atoms. The summed E-state index contributed by atoms with van der Waals surface area (Å²) in [6.07, 6.45) is 6.11. The Labute approximate surface area is 210 Å². The van der Waals surface area contributed by atoms with Crippen LogP contribution in [0.15, 0.2) is 95.7 Å². The second kappa shape index (κ2) is 10.3. The average molecular weight is 499 g/mol. The van der Waals surface area contributed by atoms with Gasteiger partial charge in [0.25, 0.3) is 5.91 Å². The van der Waals surface area contributed by atoms with Crippen LogP contribution in [0.25, 0.3) is 34.2 Å². The molecule has 0 saturated carbocycles. The van der Waals surface area contributed by atoms with E-state index in [0.717, 1.165) is 16.7 Å². The van der Waals surface area contributed by atoms with Crippen molar-refractivity contribution in [3.63, 3.8) is 0 Å². The third-order valence-corrected chi connectivity index (χ3v) is 5.50. The first-order chi connectivity index (χ1) is 17.6. The highest BCUT2D eigenvalue weighted by molar-refractivity contribution is 6.32. The van der Waals surface area contributed by atoms with Crippen LogP contribution >= 0.6 is 11.6 Å². The van der Waals surface area contributed by atoms with Gasteiger partial charge in [-0.15, -0.1) is 0 Å². The van der Waals surface area contributed by atoms with Crippen LogP contribution in [-0.2, 0) is 14.3 Å². The lowest BCUT2D eigenvalue weighted by molar-refractivity contribution is -0.142. The topological polar surface area (TPSA) is 99.3 Å². The number of carbonyl (C=O) groups excluding carboxylic acids is 2. The third kappa shape index (κ3) is 5.18. The fourth-order valence-electron chi connectivity index (χ4n) is 3.52. The molecule has 0 unspecified atom stereocenters. The summed E-state index contributed by atoms with van der Waals surface area (Å²) in [4.78, 5) is 28.3. The van der Waals surface area contributed by atoms with E-state index in [-0.39, 0.29) is 5.15 Å². The van der Waals surface area contributed by atoms with Gasteiger partial charge in [0.1, 0.15) is 11.3 Å². The number of ether oxygens (including phenoxy) is 1. The lowest BCUT2D eigenvalue weighted by atomic mass is 10.2. The Morgan fingerprint density at radius 1 is 1.06 bits per heavy atom. The van der Waals surface area contributed by atoms with E-state index in [1.807, 2.05) is 60.7 Å². The van der Waals surface area contributed by atoms with Gasteiger partial charge in [-0.05, 0) is 42.5 Å². The van der Waals surface area contributed by atoms with Crippen LogP contribution in [0.2, 0.25) is 5.15 Å². The summed E-state index contributed by atoms with van der Waals surface area (Å²) < 4.78 is 12.8. The first kappa shape index (κ1) is 23.1. The summed E-state index contributed by atoms with van der Waals surface area (Å²) in [6.45, 7) is -0.478. The molecule has 8 nitrogen and oxygen atoms in total. The lowest BCUT2D eigenvalue weighted by Gasteiger charge is -2.06. The summed E-state index contributed by atoms with van der Waals surface area (Å²) in [5, 5.41) is 8.32. The molecule has 0 aliphatic rings. The predicted octanol–water partition coefficient (Wildman–Crippen LogP) is 5.53. The van der Waals surface area contributed by atoms with Crippen molar-refractivity contribution >= 4 is 46.2 Å². The Balaban J connectivity index is 1.34. The van der Waals surface area contributed by atoms with E-state index >= 15 is 0 Å². The van der Waals surface area contributed by atoms with E-state index in [0.29, 0.717) is 22.7 Å². The minimum atomic E-state index is -0.689. The molecule has 0 atom stereocenters. The van der Waals surface area contributed by atoms with Crippen molar-refractivity contribution in [2.24, 2.45) is 0 Å². The van der Waals surface area contributed by atoms with E-state index in [4.69, 9.17) is 25.9 Å². The van der Waals surface area contributed by atoms with Crippen molar-refractivity contribution < 1.29 is 18.7 Å². The number of amides is 1. The molecule has 2 aromatic carbocycles. The van der Waals surface area contributed by atoms with Crippen LogP contribution in [0.4, 0.5) is 5.69 Å². The van der Waals surface area contributed by atoms with Crippen molar-refractivity contribution in [3.05, 3.63) is 102 Å². The number of carbonyl (C=O) groups is 2. The van der Waals surface area contributed by atoms with Gasteiger partial charge in [0.05, 0.1) is 11.4 Å². The highest BCUT2D eigenvalue weighted by Gasteiger charge is 2.16. The van der Waals surface area contributed by atoms with Gasteiger partial charge in [0.15, 0.2) is 17.5 Å². The summed E-state index contributed by atoms with van der Waals surface area (Å²) in [5.41, 5.74) is 3.11. The van der Waals surface area contributed by atoms with Gasteiger partial charge < -0.3 is 14.5 Å². The highest BCUT2D eigenvalue weighted by Crippen LogP contribution is 2.30. The Bertz CT molecular complexity index is 1540. The number of para-hydroxylation sites is 2. The number of nitrogens with zero attached hydrogens (tertiary/aromatic N) is 3. The molecule has 3 aromatic heterocycles. The quantitative estimate of drug-likeness (QED) is 0.180. The standard InChI is InChI=1S/C27H19ClN4O4/c28-27-21(10-6-14-29-27)30-24(33)17-35-25(34)13-12-19-16-32(20-8-2-1-3-9-20)31-26(19)23-15-18-7-4-5-11-22(18)36-23/h1-16H,17H2,(H,30,33). The van der Waals surface area contributed by atoms with E-state index in [1.54, 1.807) is 29.1 Å². The molecule has 0 fully saturated rings. The minimum absolute atomic E-state index is 0.144. The van der Waals surface area contributed by atoms with Gasteiger partial charge in [0.2, 0.25) is 0 Å². The molecule has 5 aromatic rings. The van der Waals surface area contributed by atoms with Gasteiger partial charge in [0, 0.05) is 29.4 Å². The normalized spacial score (nSPS) is 11.1. The number of pyridine rings is 1. The molecule has 1 N–H and O–H groups in total. The number of halogens is 1. The monoisotopic (exact) mass is 498 g/mol. The van der Waals surface area contributed by atoms with E-state index in [9.17, 15) is 9.59 Å². The van der Waals surface area contributed by atoms with Crippen molar-refractivity contribution in [3.8, 4) is 17.1 Å². The average Bonchev–Trinajstić information content (AvgIpc) is 3.52. The van der Waals surface area contributed by atoms with Crippen LogP contribution in [0, 0.1) is 0 Å². The number of esters is 1. The van der Waals surface area contributed by atoms with Gasteiger partial charge >= 0.3 is 5.97 Å². The molecule has 0 bridgehead atoms. The first-order valence-electron chi connectivity index (χ1n) is 11.0. The maximum Gasteiger partial charge on any atom is 0.331 e. The third-order valence-electron chi connectivity index (χ3n) is 5.20. The zero-order valence-electron chi connectivity index (χ0n) is 18.8. The zero-order valence-corrected chi connectivity index (χ0v) is 19.6. The van der Waals surface area contributed by atoms with Crippen molar-refractivity contribution in [2.75, 3.05) is 11.9 Å². The Hall–Kier alpha value is -4.69.